The van der Waals surface area contributed by atoms with Gasteiger partial charge in [-0.2, -0.15) is 10.2 Å². The summed E-state index contributed by atoms with van der Waals surface area (Å²) in [6.07, 6.45) is 1.44. The third-order valence-corrected chi connectivity index (χ3v) is 5.06. The predicted octanol–water partition coefficient (Wildman–Crippen LogP) is 5.88. The van der Waals surface area contributed by atoms with Crippen molar-refractivity contribution in [2.45, 2.75) is 19.8 Å². The molecular weight excluding hydrogens is 472 g/mol. The number of hydrogen-bond acceptors (Lipinski definition) is 6. The minimum Gasteiger partial charge on any atom is -0.324 e. The van der Waals surface area contributed by atoms with Crippen LogP contribution in [-0.2, 0) is 0 Å². The molecule has 1 heterocycles. The summed E-state index contributed by atoms with van der Waals surface area (Å²) in [6.45, 7) is 4.29. The first-order valence-corrected chi connectivity index (χ1v) is 9.77. The number of benzene rings is 2. The van der Waals surface area contributed by atoms with E-state index < -0.39 is 0 Å². The molecular formula is C19H16Br2N6. The van der Waals surface area contributed by atoms with E-state index >= 15 is 0 Å². The second kappa shape index (κ2) is 8.46. The van der Waals surface area contributed by atoms with E-state index in [0.717, 1.165) is 20.3 Å². The second-order valence-corrected chi connectivity index (χ2v) is 7.79. The normalized spacial score (nSPS) is 10.5. The fourth-order valence-electron chi connectivity index (χ4n) is 2.33. The van der Waals surface area contributed by atoms with E-state index in [4.69, 9.17) is 5.26 Å². The van der Waals surface area contributed by atoms with Crippen LogP contribution in [-0.4, -0.2) is 15.0 Å². The van der Waals surface area contributed by atoms with Gasteiger partial charge in [0, 0.05) is 14.6 Å². The molecule has 6 nitrogen and oxygen atoms in total. The lowest BCUT2D eigenvalue weighted by Gasteiger charge is -2.14. The molecule has 0 bridgehead atoms. The van der Waals surface area contributed by atoms with Gasteiger partial charge in [0.05, 0.1) is 17.3 Å². The Morgan fingerprint density at radius 2 is 1.56 bits per heavy atom. The van der Waals surface area contributed by atoms with Gasteiger partial charge in [0.25, 0.3) is 0 Å². The Morgan fingerprint density at radius 3 is 2.11 bits per heavy atom. The highest BCUT2D eigenvalue weighted by molar-refractivity contribution is 9.11. The van der Waals surface area contributed by atoms with E-state index in [1.807, 2.05) is 0 Å². The Kier molecular flexibility index (Phi) is 6.04. The average molecular weight is 488 g/mol. The van der Waals surface area contributed by atoms with Gasteiger partial charge in [-0.25, -0.2) is 9.97 Å². The van der Waals surface area contributed by atoms with Crippen molar-refractivity contribution in [2.75, 3.05) is 10.6 Å². The van der Waals surface area contributed by atoms with Crippen LogP contribution in [0.3, 0.4) is 0 Å². The van der Waals surface area contributed by atoms with E-state index in [9.17, 15) is 0 Å². The third-order valence-electron chi connectivity index (χ3n) is 3.81. The maximum atomic E-state index is 8.87. The van der Waals surface area contributed by atoms with Crippen molar-refractivity contribution in [1.82, 2.24) is 15.0 Å². The first-order chi connectivity index (χ1) is 13.0. The summed E-state index contributed by atoms with van der Waals surface area (Å²) in [5.74, 6) is 1.25. The maximum Gasteiger partial charge on any atom is 0.232 e. The molecule has 0 spiro atoms. The van der Waals surface area contributed by atoms with Crippen molar-refractivity contribution in [2.24, 2.45) is 0 Å². The van der Waals surface area contributed by atoms with Crippen LogP contribution in [0.5, 0.6) is 0 Å². The van der Waals surface area contributed by atoms with Gasteiger partial charge in [0.15, 0.2) is 0 Å². The highest BCUT2D eigenvalue weighted by Crippen LogP contribution is 2.36. The monoisotopic (exact) mass is 486 g/mol. The van der Waals surface area contributed by atoms with Gasteiger partial charge in [0.1, 0.15) is 6.33 Å². The van der Waals surface area contributed by atoms with Gasteiger partial charge >= 0.3 is 0 Å². The van der Waals surface area contributed by atoms with Crippen LogP contribution in [0.15, 0.2) is 51.7 Å². The molecule has 0 atom stereocenters. The fraction of sp³-hybridized carbons (Fsp3) is 0.158. The molecule has 0 saturated carbocycles. The topological polar surface area (TPSA) is 86.5 Å². The number of anilines is 4. The van der Waals surface area contributed by atoms with Gasteiger partial charge in [-0.3, -0.25) is 0 Å². The Balaban J connectivity index is 1.81. The minimum absolute atomic E-state index is 0.406. The molecule has 8 heteroatoms. The van der Waals surface area contributed by atoms with E-state index in [1.54, 1.807) is 24.3 Å². The predicted molar refractivity (Wildman–Crippen MR) is 113 cm³/mol. The molecule has 0 unspecified atom stereocenters. The van der Waals surface area contributed by atoms with Crippen LogP contribution in [0.25, 0.3) is 0 Å². The first kappa shape index (κ1) is 19.3. The third kappa shape index (κ3) is 4.81. The lowest BCUT2D eigenvalue weighted by Crippen LogP contribution is -2.04. The van der Waals surface area contributed by atoms with Crippen molar-refractivity contribution < 1.29 is 0 Å². The minimum atomic E-state index is 0.406. The number of nitrogens with one attached hydrogen (secondary N) is 2. The standard InChI is InChI=1S/C19H16Br2N6/c1-11(2)13-7-15(20)17(16(21)8-13)26-19-24-10-23-18(27-19)25-14-5-3-12(9-22)4-6-14/h3-8,10-11H,1-2H3,(H2,23,24,25,26,27). The lowest BCUT2D eigenvalue weighted by atomic mass is 10.0. The summed E-state index contributed by atoms with van der Waals surface area (Å²) in [6, 6.07) is 13.3. The molecule has 3 aromatic rings. The van der Waals surface area contributed by atoms with E-state index in [1.165, 1.54) is 11.9 Å². The molecule has 136 valence electrons. The van der Waals surface area contributed by atoms with Crippen LogP contribution < -0.4 is 10.6 Å². The van der Waals surface area contributed by atoms with Gasteiger partial charge in [-0.1, -0.05) is 13.8 Å². The van der Waals surface area contributed by atoms with Gasteiger partial charge < -0.3 is 10.6 Å². The van der Waals surface area contributed by atoms with Crippen molar-refractivity contribution in [3.05, 3.63) is 62.8 Å². The van der Waals surface area contributed by atoms with Crippen LogP contribution in [0, 0.1) is 11.3 Å². The Labute approximate surface area is 174 Å². The Morgan fingerprint density at radius 1 is 0.963 bits per heavy atom. The van der Waals surface area contributed by atoms with Crippen LogP contribution >= 0.6 is 31.9 Å². The van der Waals surface area contributed by atoms with Crippen LogP contribution in [0.4, 0.5) is 23.3 Å². The highest BCUT2D eigenvalue weighted by atomic mass is 79.9. The maximum absolute atomic E-state index is 8.87. The molecule has 0 fully saturated rings. The number of nitriles is 1. The summed E-state index contributed by atoms with van der Waals surface area (Å²) in [7, 11) is 0. The number of rotatable bonds is 5. The lowest BCUT2D eigenvalue weighted by molar-refractivity contribution is 0.865. The zero-order valence-electron chi connectivity index (χ0n) is 14.7. The molecule has 0 aliphatic heterocycles. The molecule has 0 amide bonds. The molecule has 3 rings (SSSR count). The SMILES string of the molecule is CC(C)c1cc(Br)c(Nc2ncnc(Nc3ccc(C#N)cc3)n2)c(Br)c1. The molecule has 27 heavy (non-hydrogen) atoms. The fourth-order valence-corrected chi connectivity index (χ4v) is 3.75. The largest absolute Gasteiger partial charge is 0.324 e. The van der Waals surface area contributed by atoms with E-state index in [2.05, 4.69) is 89.5 Å². The molecule has 0 aliphatic carbocycles. The molecule has 0 aliphatic rings. The summed E-state index contributed by atoms with van der Waals surface area (Å²) in [5.41, 5.74) is 3.45. The number of nitrogens with zero attached hydrogens (tertiary/aromatic N) is 4. The number of halogens is 2. The van der Waals surface area contributed by atoms with Crippen molar-refractivity contribution in [3.8, 4) is 6.07 Å². The Hall–Kier alpha value is -2.50. The summed E-state index contributed by atoms with van der Waals surface area (Å²) in [4.78, 5) is 12.7. The van der Waals surface area contributed by atoms with Gasteiger partial charge in [-0.15, -0.1) is 0 Å². The van der Waals surface area contributed by atoms with Crippen molar-refractivity contribution in [3.63, 3.8) is 0 Å². The van der Waals surface area contributed by atoms with E-state index in [-0.39, 0.29) is 0 Å². The molecule has 2 N–H and O–H groups in total. The second-order valence-electron chi connectivity index (χ2n) is 6.09. The molecule has 0 saturated heterocycles. The summed E-state index contributed by atoms with van der Waals surface area (Å²) >= 11 is 7.21. The molecule has 1 aromatic heterocycles. The Bertz CT molecular complexity index is 973. The zero-order chi connectivity index (χ0) is 19.4. The van der Waals surface area contributed by atoms with Crippen molar-refractivity contribution >= 4 is 55.1 Å². The number of hydrogen-bond donors (Lipinski definition) is 2. The van der Waals surface area contributed by atoms with Crippen molar-refractivity contribution in [1.29, 1.82) is 5.26 Å². The van der Waals surface area contributed by atoms with Gasteiger partial charge in [-0.05, 0) is 79.7 Å². The van der Waals surface area contributed by atoms with Crippen LogP contribution in [0.2, 0.25) is 0 Å². The first-order valence-electron chi connectivity index (χ1n) is 8.18. The summed E-state index contributed by atoms with van der Waals surface area (Å²) < 4.78 is 1.84. The van der Waals surface area contributed by atoms with Crippen LogP contribution in [0.1, 0.15) is 30.9 Å². The summed E-state index contributed by atoms with van der Waals surface area (Å²) in [5, 5.41) is 15.2. The quantitative estimate of drug-likeness (QED) is 0.467. The molecule has 2 aromatic carbocycles. The van der Waals surface area contributed by atoms with E-state index in [0.29, 0.717) is 23.4 Å². The zero-order valence-corrected chi connectivity index (χ0v) is 17.8. The smallest absolute Gasteiger partial charge is 0.232 e. The van der Waals surface area contributed by atoms with Gasteiger partial charge in [0.2, 0.25) is 11.9 Å². The number of aromatic nitrogens is 3. The average Bonchev–Trinajstić information content (AvgIpc) is 2.65. The molecule has 0 radical (unpaired) electrons. The highest BCUT2D eigenvalue weighted by Gasteiger charge is 2.12.